The standard InChI is InChI=1S/C36H64O8/c1-2-3-4-5-6-7-8-9-10-11-12-13-14-15-16-17-18-19-20-21-22-27-43-31-25-23-30(24-26-31)36(42)44-29-33(39)35(41)34(40)32(38)28-37/h23-26,32-35,37-41H,2-22,27-29H2,1H3/t32-,33+,34+,35+/m0/s1. The number of carbonyl (C=O) groups excluding carboxylic acids is 1. The minimum Gasteiger partial charge on any atom is -0.494 e. The molecule has 0 saturated heterocycles. The van der Waals surface area contributed by atoms with Crippen molar-refractivity contribution in [3.63, 3.8) is 0 Å². The third-order valence-electron chi connectivity index (χ3n) is 8.32. The largest absolute Gasteiger partial charge is 0.494 e. The van der Waals surface area contributed by atoms with Crippen molar-refractivity contribution < 1.29 is 39.8 Å². The summed E-state index contributed by atoms with van der Waals surface area (Å²) < 4.78 is 10.8. The molecule has 0 heterocycles. The number of carbonyl (C=O) groups is 1. The van der Waals surface area contributed by atoms with Gasteiger partial charge < -0.3 is 35.0 Å². The molecular weight excluding hydrogens is 560 g/mol. The fraction of sp³-hybridized carbons (Fsp3) is 0.806. The zero-order valence-corrected chi connectivity index (χ0v) is 27.6. The topological polar surface area (TPSA) is 137 Å². The van der Waals surface area contributed by atoms with Crippen LogP contribution in [-0.2, 0) is 4.74 Å². The predicted octanol–water partition coefficient (Wildman–Crippen LogP) is 6.87. The van der Waals surface area contributed by atoms with Crippen LogP contribution in [0.5, 0.6) is 5.75 Å². The van der Waals surface area contributed by atoms with E-state index in [9.17, 15) is 25.2 Å². The summed E-state index contributed by atoms with van der Waals surface area (Å²) in [5.74, 6) is -0.0457. The van der Waals surface area contributed by atoms with Crippen LogP contribution in [0.25, 0.3) is 0 Å². The van der Waals surface area contributed by atoms with Gasteiger partial charge in [0.2, 0.25) is 0 Å². The lowest BCUT2D eigenvalue weighted by Crippen LogP contribution is -2.47. The van der Waals surface area contributed by atoms with Crippen LogP contribution < -0.4 is 4.74 Å². The second kappa shape index (κ2) is 27.6. The number of esters is 1. The van der Waals surface area contributed by atoms with Gasteiger partial charge in [-0.2, -0.15) is 0 Å². The molecule has 0 saturated carbocycles. The molecule has 0 bridgehead atoms. The Labute approximate surface area is 267 Å². The molecule has 1 aromatic rings. The van der Waals surface area contributed by atoms with E-state index < -0.39 is 43.6 Å². The van der Waals surface area contributed by atoms with E-state index in [1.54, 1.807) is 24.3 Å². The quantitative estimate of drug-likeness (QED) is 0.0462. The first-order valence-electron chi connectivity index (χ1n) is 17.6. The van der Waals surface area contributed by atoms with Crippen molar-refractivity contribution in [1.82, 2.24) is 0 Å². The van der Waals surface area contributed by atoms with Gasteiger partial charge in [0.25, 0.3) is 0 Å². The van der Waals surface area contributed by atoms with E-state index in [1.807, 2.05) is 0 Å². The van der Waals surface area contributed by atoms with Gasteiger partial charge in [-0.15, -0.1) is 0 Å². The fourth-order valence-corrected chi connectivity index (χ4v) is 5.32. The van der Waals surface area contributed by atoms with Crippen molar-refractivity contribution in [2.45, 2.75) is 166 Å². The normalized spacial score (nSPS) is 14.2. The van der Waals surface area contributed by atoms with Crippen LogP contribution in [0.1, 0.15) is 152 Å². The first kappa shape index (κ1) is 40.3. The lowest BCUT2D eigenvalue weighted by atomic mass is 10.0. The van der Waals surface area contributed by atoms with E-state index in [2.05, 4.69) is 6.92 Å². The molecule has 0 aliphatic rings. The van der Waals surface area contributed by atoms with E-state index in [1.165, 1.54) is 122 Å². The summed E-state index contributed by atoms with van der Waals surface area (Å²) >= 11 is 0. The van der Waals surface area contributed by atoms with Crippen molar-refractivity contribution in [3.8, 4) is 5.75 Å². The fourth-order valence-electron chi connectivity index (χ4n) is 5.32. The summed E-state index contributed by atoms with van der Waals surface area (Å²) in [7, 11) is 0. The van der Waals surface area contributed by atoms with Crippen LogP contribution in [0.2, 0.25) is 0 Å². The van der Waals surface area contributed by atoms with E-state index >= 15 is 0 Å². The number of aliphatic hydroxyl groups excluding tert-OH is 5. The van der Waals surface area contributed by atoms with Crippen LogP contribution in [0.15, 0.2) is 24.3 Å². The minimum absolute atomic E-state index is 0.254. The molecular formula is C36H64O8. The molecule has 256 valence electrons. The molecule has 0 spiro atoms. The van der Waals surface area contributed by atoms with Gasteiger partial charge in [0, 0.05) is 0 Å². The zero-order valence-electron chi connectivity index (χ0n) is 27.6. The van der Waals surface area contributed by atoms with Crippen molar-refractivity contribution in [1.29, 1.82) is 0 Å². The summed E-state index contributed by atoms with van der Waals surface area (Å²) in [5, 5.41) is 47.5. The Morgan fingerprint density at radius 1 is 0.591 bits per heavy atom. The van der Waals surface area contributed by atoms with Crippen molar-refractivity contribution >= 4 is 5.97 Å². The highest BCUT2D eigenvalue weighted by molar-refractivity contribution is 5.89. The monoisotopic (exact) mass is 624 g/mol. The minimum atomic E-state index is -1.78. The summed E-state index contributed by atoms with van der Waals surface area (Å²) in [4.78, 5) is 12.2. The number of rotatable bonds is 30. The van der Waals surface area contributed by atoms with E-state index in [-0.39, 0.29) is 5.56 Å². The van der Waals surface area contributed by atoms with Gasteiger partial charge in [-0.3, -0.25) is 0 Å². The second-order valence-corrected chi connectivity index (χ2v) is 12.3. The van der Waals surface area contributed by atoms with Crippen LogP contribution in [0.4, 0.5) is 0 Å². The molecule has 4 atom stereocenters. The molecule has 1 rings (SSSR count). The Morgan fingerprint density at radius 2 is 0.977 bits per heavy atom. The first-order chi connectivity index (χ1) is 21.4. The van der Waals surface area contributed by atoms with E-state index in [4.69, 9.17) is 14.6 Å². The summed E-state index contributed by atoms with van der Waals surface area (Å²) in [6, 6.07) is 6.48. The molecule has 5 N–H and O–H groups in total. The molecule has 44 heavy (non-hydrogen) atoms. The molecule has 8 nitrogen and oxygen atoms in total. The third kappa shape index (κ3) is 20.3. The molecule has 0 aromatic heterocycles. The van der Waals surface area contributed by atoms with Gasteiger partial charge in [-0.1, -0.05) is 135 Å². The number of ether oxygens (including phenoxy) is 2. The summed E-state index contributed by atoms with van der Waals surface area (Å²) in [5.41, 5.74) is 0.254. The maximum atomic E-state index is 12.2. The van der Waals surface area contributed by atoms with Gasteiger partial charge in [0.1, 0.15) is 36.8 Å². The Morgan fingerprint density at radius 3 is 1.39 bits per heavy atom. The molecule has 0 unspecified atom stereocenters. The average molecular weight is 625 g/mol. The number of aliphatic hydroxyl groups is 5. The second-order valence-electron chi connectivity index (χ2n) is 12.3. The van der Waals surface area contributed by atoms with Crippen LogP contribution >= 0.6 is 0 Å². The highest BCUT2D eigenvalue weighted by Gasteiger charge is 2.30. The van der Waals surface area contributed by atoms with Crippen molar-refractivity contribution in [2.24, 2.45) is 0 Å². The van der Waals surface area contributed by atoms with Crippen LogP contribution in [0.3, 0.4) is 0 Å². The average Bonchev–Trinajstić information content (AvgIpc) is 3.04. The van der Waals surface area contributed by atoms with Crippen molar-refractivity contribution in [3.05, 3.63) is 29.8 Å². The highest BCUT2D eigenvalue weighted by Crippen LogP contribution is 2.17. The molecule has 0 radical (unpaired) electrons. The molecule has 1 aromatic carbocycles. The summed E-state index contributed by atoms with van der Waals surface area (Å²) in [6.07, 6.45) is 21.7. The van der Waals surface area contributed by atoms with E-state index in [0.29, 0.717) is 12.4 Å². The molecule has 0 aliphatic carbocycles. The third-order valence-corrected chi connectivity index (χ3v) is 8.32. The Bertz CT molecular complexity index is 787. The van der Waals surface area contributed by atoms with Gasteiger partial charge in [0.05, 0.1) is 18.8 Å². The maximum Gasteiger partial charge on any atom is 0.338 e. The Kier molecular flexibility index (Phi) is 25.3. The molecule has 8 heteroatoms. The molecule has 0 fully saturated rings. The maximum absolute atomic E-state index is 12.2. The smallest absolute Gasteiger partial charge is 0.338 e. The van der Waals surface area contributed by atoms with Gasteiger partial charge in [-0.05, 0) is 30.7 Å². The van der Waals surface area contributed by atoms with Gasteiger partial charge in [0.15, 0.2) is 0 Å². The predicted molar refractivity (Wildman–Crippen MR) is 176 cm³/mol. The van der Waals surface area contributed by atoms with Crippen LogP contribution in [-0.4, -0.2) is 75.7 Å². The van der Waals surface area contributed by atoms with Gasteiger partial charge >= 0.3 is 5.97 Å². The number of benzene rings is 1. The SMILES string of the molecule is CCCCCCCCCCCCCCCCCCCCCCCOc1ccc(C(=O)OC[C@@H](O)[C@@H](O)[C@H](O)[C@@H](O)CO)cc1. The highest BCUT2D eigenvalue weighted by atomic mass is 16.5. The summed E-state index contributed by atoms with van der Waals surface area (Å²) in [6.45, 7) is 1.54. The number of unbranched alkanes of at least 4 members (excludes halogenated alkanes) is 20. The van der Waals surface area contributed by atoms with Crippen molar-refractivity contribution in [2.75, 3.05) is 19.8 Å². The van der Waals surface area contributed by atoms with Crippen LogP contribution in [0, 0.1) is 0 Å². The Balaban J connectivity index is 1.94. The first-order valence-corrected chi connectivity index (χ1v) is 17.6. The number of hydrogen-bond donors (Lipinski definition) is 5. The molecule has 0 amide bonds. The molecule has 0 aliphatic heterocycles. The zero-order chi connectivity index (χ0) is 32.3. The van der Waals surface area contributed by atoms with E-state index in [0.717, 1.165) is 12.8 Å². The number of hydrogen-bond acceptors (Lipinski definition) is 8. The Hall–Kier alpha value is -1.71. The van der Waals surface area contributed by atoms with Gasteiger partial charge in [-0.25, -0.2) is 4.79 Å². The lowest BCUT2D eigenvalue weighted by Gasteiger charge is -2.25. The lowest BCUT2D eigenvalue weighted by molar-refractivity contribution is -0.124.